The van der Waals surface area contributed by atoms with Crippen molar-refractivity contribution in [2.24, 2.45) is 0 Å². The van der Waals surface area contributed by atoms with Gasteiger partial charge in [-0.2, -0.15) is 5.10 Å². The summed E-state index contributed by atoms with van der Waals surface area (Å²) in [5, 5.41) is 19.7. The van der Waals surface area contributed by atoms with Crippen LogP contribution in [0, 0.1) is 5.21 Å². The van der Waals surface area contributed by atoms with Crippen LogP contribution in [0.1, 0.15) is 55.8 Å². The molecular formula is C24H28N6O3. The maximum absolute atomic E-state index is 12.8. The lowest BCUT2D eigenvalue weighted by molar-refractivity contribution is -0.645. The fraction of sp³-hybridized carbons (Fsp3) is 0.375. The van der Waals surface area contributed by atoms with E-state index in [1.165, 1.54) is 48.6 Å². The third-order valence-corrected chi connectivity index (χ3v) is 5.77. The van der Waals surface area contributed by atoms with Crippen LogP contribution in [0.3, 0.4) is 0 Å². The van der Waals surface area contributed by atoms with Gasteiger partial charge in [-0.25, -0.2) is 18.8 Å². The van der Waals surface area contributed by atoms with Gasteiger partial charge in [0.2, 0.25) is 11.0 Å². The molecule has 0 N–H and O–H groups in total. The maximum atomic E-state index is 12.8. The van der Waals surface area contributed by atoms with Crippen molar-refractivity contribution in [3.63, 3.8) is 0 Å². The molecule has 0 bridgehead atoms. The molecule has 0 fully saturated rings. The van der Waals surface area contributed by atoms with Gasteiger partial charge in [0.05, 0.1) is 5.69 Å². The van der Waals surface area contributed by atoms with E-state index >= 15 is 0 Å². The molecular weight excluding hydrogens is 420 g/mol. The van der Waals surface area contributed by atoms with Crippen LogP contribution in [0.5, 0.6) is 0 Å². The predicted molar refractivity (Wildman–Crippen MR) is 124 cm³/mol. The summed E-state index contributed by atoms with van der Waals surface area (Å²) >= 11 is 0. The normalized spacial score (nSPS) is 11.3. The monoisotopic (exact) mass is 448 g/mol. The number of hydrogen-bond donors (Lipinski definition) is 0. The van der Waals surface area contributed by atoms with Gasteiger partial charge in [-0.1, -0.05) is 68.0 Å². The zero-order chi connectivity index (χ0) is 23.2. The second-order valence-corrected chi connectivity index (χ2v) is 8.18. The van der Waals surface area contributed by atoms with Gasteiger partial charge in [0.1, 0.15) is 11.5 Å². The Balaban J connectivity index is 1.41. The van der Waals surface area contributed by atoms with E-state index < -0.39 is 11.6 Å². The van der Waals surface area contributed by atoms with E-state index in [4.69, 9.17) is 0 Å². The number of rotatable bonds is 10. The minimum Gasteiger partial charge on any atom is -0.691 e. The van der Waals surface area contributed by atoms with Crippen LogP contribution in [0.2, 0.25) is 0 Å². The van der Waals surface area contributed by atoms with E-state index in [1.54, 1.807) is 24.3 Å². The standard InChI is InChI=1S/C24H28N6O3/c1-2-3-4-5-6-7-10-19-13-15-20(16-14-19)27-18-25-28(24(27)32)17-23(31)29-21-11-8-9-12-22(21)30(33)26-29/h8-9,11-16,18H,2-7,10,17H2,1H3. The van der Waals surface area contributed by atoms with Gasteiger partial charge < -0.3 is 5.21 Å². The van der Waals surface area contributed by atoms with Gasteiger partial charge in [-0.05, 0) is 42.7 Å². The molecule has 0 amide bonds. The second-order valence-electron chi connectivity index (χ2n) is 8.18. The van der Waals surface area contributed by atoms with Crippen LogP contribution < -0.4 is 10.5 Å². The van der Waals surface area contributed by atoms with E-state index in [1.807, 2.05) is 24.3 Å². The Labute approximate surface area is 191 Å². The first kappa shape index (κ1) is 22.4. The fourth-order valence-corrected chi connectivity index (χ4v) is 3.92. The quantitative estimate of drug-likeness (QED) is 0.211. The highest BCUT2D eigenvalue weighted by molar-refractivity contribution is 5.87. The molecule has 0 saturated carbocycles. The average Bonchev–Trinajstić information content (AvgIpc) is 3.36. The summed E-state index contributed by atoms with van der Waals surface area (Å²) in [6.45, 7) is 1.89. The summed E-state index contributed by atoms with van der Waals surface area (Å²) in [6.07, 6.45) is 9.96. The molecule has 9 heteroatoms. The van der Waals surface area contributed by atoms with Crippen molar-refractivity contribution in [1.29, 1.82) is 0 Å². The molecule has 4 aromatic rings. The molecule has 0 atom stereocenters. The molecule has 0 radical (unpaired) electrons. The third kappa shape index (κ3) is 5.02. The molecule has 0 unspecified atom stereocenters. The summed E-state index contributed by atoms with van der Waals surface area (Å²) in [5.74, 6) is -0.526. The van der Waals surface area contributed by atoms with E-state index in [2.05, 4.69) is 17.2 Å². The van der Waals surface area contributed by atoms with Crippen LogP contribution in [0.25, 0.3) is 16.7 Å². The number of aromatic nitrogens is 6. The number of carbonyl (C=O) groups excluding carboxylic acids is 1. The highest BCUT2D eigenvalue weighted by Gasteiger charge is 2.23. The average molecular weight is 449 g/mol. The number of nitrogens with zero attached hydrogens (tertiary/aromatic N) is 6. The van der Waals surface area contributed by atoms with Gasteiger partial charge in [-0.3, -0.25) is 0 Å². The van der Waals surface area contributed by atoms with Gasteiger partial charge in [-0.15, -0.1) is 4.85 Å². The molecule has 33 heavy (non-hydrogen) atoms. The highest BCUT2D eigenvalue weighted by Crippen LogP contribution is 2.13. The van der Waals surface area contributed by atoms with Crippen molar-refractivity contribution >= 4 is 16.9 Å². The van der Waals surface area contributed by atoms with Crippen molar-refractivity contribution in [2.45, 2.75) is 58.4 Å². The van der Waals surface area contributed by atoms with Gasteiger partial charge in [0.25, 0.3) is 0 Å². The fourth-order valence-electron chi connectivity index (χ4n) is 3.92. The largest absolute Gasteiger partial charge is 0.691 e. The Bertz CT molecular complexity index is 1290. The Morgan fingerprint density at radius 3 is 2.52 bits per heavy atom. The molecule has 0 aliphatic carbocycles. The maximum Gasteiger partial charge on any atom is 0.356 e. The lowest BCUT2D eigenvalue weighted by atomic mass is 10.0. The summed E-state index contributed by atoms with van der Waals surface area (Å²) < 4.78 is 3.47. The topological polar surface area (TPSA) is 102 Å². The Morgan fingerprint density at radius 2 is 1.73 bits per heavy atom. The van der Waals surface area contributed by atoms with Crippen LogP contribution in [0.4, 0.5) is 0 Å². The van der Waals surface area contributed by atoms with E-state index in [0.717, 1.165) is 22.2 Å². The molecule has 0 aliphatic rings. The van der Waals surface area contributed by atoms with Crippen LogP contribution in [-0.2, 0) is 13.0 Å². The molecule has 0 saturated heterocycles. The number of aryl methyl sites for hydroxylation is 1. The van der Waals surface area contributed by atoms with Crippen LogP contribution in [0.15, 0.2) is 59.7 Å². The molecule has 0 aliphatic heterocycles. The first-order valence-electron chi connectivity index (χ1n) is 11.4. The first-order chi connectivity index (χ1) is 16.1. The van der Waals surface area contributed by atoms with E-state index in [-0.39, 0.29) is 12.1 Å². The van der Waals surface area contributed by atoms with Crippen molar-refractivity contribution in [3.8, 4) is 5.69 Å². The van der Waals surface area contributed by atoms with Gasteiger partial charge in [0.15, 0.2) is 6.54 Å². The lowest BCUT2D eigenvalue weighted by Gasteiger charge is -2.04. The summed E-state index contributed by atoms with van der Waals surface area (Å²) in [7, 11) is 0. The highest BCUT2D eigenvalue weighted by atomic mass is 16.5. The van der Waals surface area contributed by atoms with Crippen molar-refractivity contribution < 1.29 is 9.64 Å². The number of carbonyl (C=O) groups is 1. The molecule has 172 valence electrons. The number of benzene rings is 2. The predicted octanol–water partition coefficient (Wildman–Crippen LogP) is 3.26. The SMILES string of the molecule is CCCCCCCCc1ccc(-n2cnn(CC(=O)n3n[n+]([O-])c4ccccc43)c2=O)cc1. The Kier molecular flexibility index (Phi) is 6.97. The lowest BCUT2D eigenvalue weighted by Crippen LogP contribution is -2.33. The molecule has 2 heterocycles. The minimum absolute atomic E-state index is 0.282. The molecule has 4 rings (SSSR count). The first-order valence-corrected chi connectivity index (χ1v) is 11.4. The molecule has 2 aromatic carbocycles. The summed E-state index contributed by atoms with van der Waals surface area (Å²) in [4.78, 5) is 25.9. The van der Waals surface area contributed by atoms with Gasteiger partial charge >= 0.3 is 11.6 Å². The second kappa shape index (κ2) is 10.2. The van der Waals surface area contributed by atoms with Crippen molar-refractivity contribution in [1.82, 2.24) is 24.2 Å². The van der Waals surface area contributed by atoms with E-state index in [0.29, 0.717) is 16.0 Å². The number of fused-ring (bicyclic) bond motifs is 1. The molecule has 0 spiro atoms. The van der Waals surface area contributed by atoms with Crippen molar-refractivity contribution in [3.05, 3.63) is 76.1 Å². The smallest absolute Gasteiger partial charge is 0.356 e. The van der Waals surface area contributed by atoms with Crippen LogP contribution in [-0.4, -0.2) is 30.1 Å². The third-order valence-electron chi connectivity index (χ3n) is 5.77. The molecule has 9 nitrogen and oxygen atoms in total. The minimum atomic E-state index is -0.526. The summed E-state index contributed by atoms with van der Waals surface area (Å²) in [6, 6.07) is 14.5. The summed E-state index contributed by atoms with van der Waals surface area (Å²) in [5.41, 5.74) is 2.16. The number of unbranched alkanes of at least 4 members (excludes halogenated alkanes) is 5. The van der Waals surface area contributed by atoms with Crippen molar-refractivity contribution in [2.75, 3.05) is 0 Å². The van der Waals surface area contributed by atoms with Crippen LogP contribution >= 0.6 is 0 Å². The number of hydrogen-bond acceptors (Lipinski definition) is 5. The Morgan fingerprint density at radius 1 is 1.00 bits per heavy atom. The number of para-hydroxylation sites is 2. The Hall–Kier alpha value is -3.75. The van der Waals surface area contributed by atoms with E-state index in [9.17, 15) is 14.8 Å². The zero-order valence-corrected chi connectivity index (χ0v) is 18.8. The zero-order valence-electron chi connectivity index (χ0n) is 18.8. The molecule has 2 aromatic heterocycles. The van der Waals surface area contributed by atoms with Gasteiger partial charge in [0, 0.05) is 0 Å².